The van der Waals surface area contributed by atoms with Gasteiger partial charge in [0.1, 0.15) is 0 Å². The first-order valence-electron chi connectivity index (χ1n) is 5.13. The molecule has 0 N–H and O–H groups in total. The summed E-state index contributed by atoms with van der Waals surface area (Å²) in [6, 6.07) is 5.83. The molecule has 0 aliphatic rings. The summed E-state index contributed by atoms with van der Waals surface area (Å²) in [6.45, 7) is 1.84. The third-order valence-electron chi connectivity index (χ3n) is 2.18. The van der Waals surface area contributed by atoms with Crippen LogP contribution in [-0.4, -0.2) is 20.3 Å². The molecular formula is C11H13F3O2S. The number of sulfone groups is 1. The third kappa shape index (κ3) is 4.03. The summed E-state index contributed by atoms with van der Waals surface area (Å²) in [7, 11) is -4.30. The fraction of sp³-hybridized carbons (Fsp3) is 0.455. The second kappa shape index (κ2) is 5.08. The highest BCUT2D eigenvalue weighted by molar-refractivity contribution is 7.91. The number of alkyl halides is 3. The van der Waals surface area contributed by atoms with Crippen molar-refractivity contribution in [2.45, 2.75) is 30.8 Å². The Bertz CT molecular complexity index is 478. The molecule has 0 fully saturated rings. The van der Waals surface area contributed by atoms with Gasteiger partial charge in [0.05, 0.1) is 4.90 Å². The van der Waals surface area contributed by atoms with E-state index in [1.165, 1.54) is 12.1 Å². The summed E-state index contributed by atoms with van der Waals surface area (Å²) in [5.74, 6) is -1.80. The second-order valence-corrected chi connectivity index (χ2v) is 5.69. The lowest BCUT2D eigenvalue weighted by Gasteiger charge is -2.11. The minimum Gasteiger partial charge on any atom is -0.223 e. The molecule has 0 aliphatic heterocycles. The molecule has 0 unspecified atom stereocenters. The SMILES string of the molecule is CCCc1ccccc1S(=O)(=O)CC(F)(F)F. The van der Waals surface area contributed by atoms with Crippen molar-refractivity contribution in [2.24, 2.45) is 0 Å². The number of rotatable bonds is 4. The van der Waals surface area contributed by atoms with E-state index in [2.05, 4.69) is 0 Å². The monoisotopic (exact) mass is 266 g/mol. The highest BCUT2D eigenvalue weighted by Crippen LogP contribution is 2.25. The van der Waals surface area contributed by atoms with Crippen LogP contribution in [0, 0.1) is 0 Å². The zero-order chi connectivity index (χ0) is 13.1. The predicted octanol–water partition coefficient (Wildman–Crippen LogP) is 2.98. The highest BCUT2D eigenvalue weighted by atomic mass is 32.2. The number of benzene rings is 1. The Kier molecular flexibility index (Phi) is 4.19. The predicted molar refractivity (Wildman–Crippen MR) is 58.5 cm³/mol. The lowest BCUT2D eigenvalue weighted by atomic mass is 10.1. The smallest absolute Gasteiger partial charge is 0.223 e. The topological polar surface area (TPSA) is 34.1 Å². The van der Waals surface area contributed by atoms with Crippen molar-refractivity contribution in [2.75, 3.05) is 5.75 Å². The van der Waals surface area contributed by atoms with Crippen LogP contribution in [0.5, 0.6) is 0 Å². The molecule has 0 aliphatic carbocycles. The van der Waals surface area contributed by atoms with Gasteiger partial charge in [-0.2, -0.15) is 13.2 Å². The molecule has 1 aromatic carbocycles. The van der Waals surface area contributed by atoms with Crippen LogP contribution in [0.15, 0.2) is 29.2 Å². The zero-order valence-corrected chi connectivity index (χ0v) is 10.1. The normalized spacial score (nSPS) is 12.7. The maximum Gasteiger partial charge on any atom is 0.403 e. The molecule has 0 heterocycles. The average molecular weight is 266 g/mol. The Hall–Kier alpha value is -1.04. The van der Waals surface area contributed by atoms with E-state index in [1.807, 2.05) is 6.92 Å². The second-order valence-electron chi connectivity index (χ2n) is 3.73. The van der Waals surface area contributed by atoms with E-state index in [0.717, 1.165) is 0 Å². The molecule has 1 rings (SSSR count). The molecule has 0 amide bonds. The van der Waals surface area contributed by atoms with Crippen LogP contribution in [-0.2, 0) is 16.3 Å². The molecule has 2 nitrogen and oxygen atoms in total. The summed E-state index contributed by atoms with van der Waals surface area (Å²) in [4.78, 5) is -0.209. The molecule has 17 heavy (non-hydrogen) atoms. The van der Waals surface area contributed by atoms with Crippen LogP contribution < -0.4 is 0 Å². The quantitative estimate of drug-likeness (QED) is 0.839. The number of hydrogen-bond donors (Lipinski definition) is 0. The Labute approximate surface area is 98.4 Å². The van der Waals surface area contributed by atoms with E-state index < -0.39 is 21.8 Å². The van der Waals surface area contributed by atoms with Gasteiger partial charge in [-0.05, 0) is 18.1 Å². The number of aryl methyl sites for hydroxylation is 1. The molecular weight excluding hydrogens is 253 g/mol. The first-order chi connectivity index (χ1) is 7.76. The van der Waals surface area contributed by atoms with Crippen LogP contribution in [0.4, 0.5) is 13.2 Å². The van der Waals surface area contributed by atoms with Crippen LogP contribution in [0.1, 0.15) is 18.9 Å². The van der Waals surface area contributed by atoms with Crippen molar-refractivity contribution in [1.82, 2.24) is 0 Å². The van der Waals surface area contributed by atoms with Crippen molar-refractivity contribution < 1.29 is 21.6 Å². The van der Waals surface area contributed by atoms with Gasteiger partial charge in [0, 0.05) is 0 Å². The summed E-state index contributed by atoms with van der Waals surface area (Å²) in [5.41, 5.74) is 0.444. The van der Waals surface area contributed by atoms with Crippen LogP contribution in [0.3, 0.4) is 0 Å². The largest absolute Gasteiger partial charge is 0.403 e. The number of hydrogen-bond acceptors (Lipinski definition) is 2. The first-order valence-corrected chi connectivity index (χ1v) is 6.79. The zero-order valence-electron chi connectivity index (χ0n) is 9.29. The van der Waals surface area contributed by atoms with Gasteiger partial charge in [0.25, 0.3) is 0 Å². The van der Waals surface area contributed by atoms with Gasteiger partial charge < -0.3 is 0 Å². The molecule has 0 radical (unpaired) electrons. The minimum atomic E-state index is -4.71. The summed E-state index contributed by atoms with van der Waals surface area (Å²) in [5, 5.41) is 0. The highest BCUT2D eigenvalue weighted by Gasteiger charge is 2.36. The maximum absolute atomic E-state index is 12.2. The Morgan fingerprint density at radius 3 is 2.29 bits per heavy atom. The molecule has 0 saturated heterocycles. The Balaban J connectivity index is 3.15. The molecule has 0 bridgehead atoms. The fourth-order valence-electron chi connectivity index (χ4n) is 1.58. The van der Waals surface area contributed by atoms with Crippen molar-refractivity contribution in [3.8, 4) is 0 Å². The van der Waals surface area contributed by atoms with Gasteiger partial charge in [-0.1, -0.05) is 31.5 Å². The van der Waals surface area contributed by atoms with Gasteiger partial charge in [-0.25, -0.2) is 8.42 Å². The van der Waals surface area contributed by atoms with Crippen molar-refractivity contribution in [3.05, 3.63) is 29.8 Å². The standard InChI is InChI=1S/C11H13F3O2S/c1-2-5-9-6-3-4-7-10(9)17(15,16)8-11(12,13)14/h3-4,6-7H,2,5,8H2,1H3. The van der Waals surface area contributed by atoms with Gasteiger partial charge in [0.2, 0.25) is 0 Å². The third-order valence-corrected chi connectivity index (χ3v) is 3.96. The minimum absolute atomic E-state index is 0.209. The molecule has 0 aromatic heterocycles. The van der Waals surface area contributed by atoms with E-state index in [-0.39, 0.29) is 4.90 Å². The van der Waals surface area contributed by atoms with Crippen LogP contribution >= 0.6 is 0 Å². The van der Waals surface area contributed by atoms with E-state index >= 15 is 0 Å². The fourth-order valence-corrected chi connectivity index (χ4v) is 3.02. The molecule has 6 heteroatoms. The van der Waals surface area contributed by atoms with Gasteiger partial charge in [0.15, 0.2) is 15.6 Å². The molecule has 0 atom stereocenters. The Morgan fingerprint density at radius 2 is 1.76 bits per heavy atom. The lowest BCUT2D eigenvalue weighted by molar-refractivity contribution is -0.106. The van der Waals surface area contributed by atoms with E-state index in [9.17, 15) is 21.6 Å². The van der Waals surface area contributed by atoms with Gasteiger partial charge >= 0.3 is 6.18 Å². The van der Waals surface area contributed by atoms with Crippen molar-refractivity contribution >= 4 is 9.84 Å². The van der Waals surface area contributed by atoms with Crippen LogP contribution in [0.2, 0.25) is 0 Å². The van der Waals surface area contributed by atoms with Gasteiger partial charge in [-0.3, -0.25) is 0 Å². The molecule has 0 spiro atoms. The molecule has 0 saturated carbocycles. The van der Waals surface area contributed by atoms with Crippen molar-refractivity contribution in [3.63, 3.8) is 0 Å². The first kappa shape index (κ1) is 14.0. The molecule has 1 aromatic rings. The maximum atomic E-state index is 12.2. The Morgan fingerprint density at radius 1 is 1.18 bits per heavy atom. The van der Waals surface area contributed by atoms with E-state index in [4.69, 9.17) is 0 Å². The van der Waals surface area contributed by atoms with E-state index in [0.29, 0.717) is 18.4 Å². The van der Waals surface area contributed by atoms with Gasteiger partial charge in [-0.15, -0.1) is 0 Å². The molecule has 96 valence electrons. The lowest BCUT2D eigenvalue weighted by Crippen LogP contribution is -2.23. The summed E-state index contributed by atoms with van der Waals surface area (Å²) in [6.07, 6.45) is -3.58. The average Bonchev–Trinajstić information content (AvgIpc) is 2.15. The van der Waals surface area contributed by atoms with E-state index in [1.54, 1.807) is 12.1 Å². The summed E-state index contributed by atoms with van der Waals surface area (Å²) >= 11 is 0. The van der Waals surface area contributed by atoms with Crippen LogP contribution in [0.25, 0.3) is 0 Å². The number of halogens is 3. The van der Waals surface area contributed by atoms with Crippen molar-refractivity contribution in [1.29, 1.82) is 0 Å². The summed E-state index contributed by atoms with van der Waals surface area (Å²) < 4.78 is 59.8.